The molecule has 0 aliphatic rings. The van der Waals surface area contributed by atoms with Crippen molar-refractivity contribution in [2.45, 2.75) is 24.2 Å². The molecule has 0 radical (unpaired) electrons. The van der Waals surface area contributed by atoms with Crippen LogP contribution in [-0.4, -0.2) is 38.9 Å². The molecule has 0 amide bonds. The quantitative estimate of drug-likeness (QED) is 0.383. The van der Waals surface area contributed by atoms with Gasteiger partial charge in [0.1, 0.15) is 15.2 Å². The Labute approximate surface area is 177 Å². The third-order valence-corrected chi connectivity index (χ3v) is 8.63. The van der Waals surface area contributed by atoms with Crippen LogP contribution >= 0.6 is 22.7 Å². The van der Waals surface area contributed by atoms with Crippen molar-refractivity contribution in [3.05, 3.63) is 16.8 Å². The van der Waals surface area contributed by atoms with Crippen molar-refractivity contribution in [2.75, 3.05) is 5.75 Å². The van der Waals surface area contributed by atoms with Gasteiger partial charge in [-0.3, -0.25) is 0 Å². The first-order valence-electron chi connectivity index (χ1n) is 8.25. The average molecular weight is 501 g/mol. The summed E-state index contributed by atoms with van der Waals surface area (Å²) < 4.78 is 104. The van der Waals surface area contributed by atoms with E-state index in [4.69, 9.17) is 0 Å². The van der Waals surface area contributed by atoms with Crippen molar-refractivity contribution < 1.29 is 34.8 Å². The molecule has 7 nitrogen and oxygen atoms in total. The van der Waals surface area contributed by atoms with E-state index >= 15 is 0 Å². The van der Waals surface area contributed by atoms with Crippen molar-refractivity contribution in [3.8, 4) is 10.7 Å². The van der Waals surface area contributed by atoms with Crippen LogP contribution in [0.4, 0.5) is 26.3 Å². The number of sulfone groups is 1. The summed E-state index contributed by atoms with van der Waals surface area (Å²) >= 11 is 0.850. The van der Waals surface area contributed by atoms with Gasteiger partial charge < -0.3 is 4.57 Å². The maximum Gasteiger partial charge on any atom is 0.443 e. The van der Waals surface area contributed by atoms with Gasteiger partial charge in [-0.2, -0.15) is 26.3 Å². The van der Waals surface area contributed by atoms with Gasteiger partial charge in [0.15, 0.2) is 32.0 Å². The Kier molecular flexibility index (Phi) is 4.82. The van der Waals surface area contributed by atoms with Gasteiger partial charge in [0.05, 0.1) is 15.3 Å². The normalized spacial score (nSPS) is 13.5. The molecule has 4 rings (SSSR count). The van der Waals surface area contributed by atoms with E-state index in [0.717, 1.165) is 0 Å². The molecule has 0 N–H and O–H groups in total. The Hall–Kier alpha value is -2.33. The number of rotatable bonds is 3. The first kappa shape index (κ1) is 21.9. The number of imidazole rings is 1. The van der Waals surface area contributed by atoms with E-state index in [1.807, 2.05) is 0 Å². The van der Waals surface area contributed by atoms with Gasteiger partial charge >= 0.3 is 12.4 Å². The molecule has 166 valence electrons. The minimum absolute atomic E-state index is 0.0293. The highest BCUT2D eigenvalue weighted by atomic mass is 32.2. The molecule has 0 aliphatic carbocycles. The number of aromatic nitrogens is 5. The lowest BCUT2D eigenvalue weighted by Crippen LogP contribution is -2.09. The molecule has 4 aromatic rings. The number of fused-ring (bicyclic) bond motifs is 2. The third-order valence-electron chi connectivity index (χ3n) is 4.25. The summed E-state index contributed by atoms with van der Waals surface area (Å²) in [4.78, 5) is 7.00. The molecule has 0 unspecified atom stereocenters. The molecule has 0 fully saturated rings. The van der Waals surface area contributed by atoms with Crippen LogP contribution in [-0.2, 0) is 29.2 Å². The van der Waals surface area contributed by atoms with Crippen LogP contribution < -0.4 is 0 Å². The van der Waals surface area contributed by atoms with Crippen LogP contribution in [0.1, 0.15) is 17.6 Å². The summed E-state index contributed by atoms with van der Waals surface area (Å²) in [6, 6.07) is 0.662. The van der Waals surface area contributed by atoms with Gasteiger partial charge in [0.2, 0.25) is 0 Å². The Balaban J connectivity index is 2.01. The zero-order chi connectivity index (χ0) is 22.9. The highest BCUT2D eigenvalue weighted by Gasteiger charge is 2.38. The van der Waals surface area contributed by atoms with E-state index in [2.05, 4.69) is 20.2 Å². The fraction of sp³-hybridized carbons (Fsp3) is 0.333. The second kappa shape index (κ2) is 6.83. The Morgan fingerprint density at radius 3 is 2.29 bits per heavy atom. The number of thiophene rings is 1. The lowest BCUT2D eigenvalue weighted by Gasteiger charge is -2.05. The predicted molar refractivity (Wildman–Crippen MR) is 101 cm³/mol. The maximum atomic E-state index is 13.1. The summed E-state index contributed by atoms with van der Waals surface area (Å²) in [6.45, 7) is 1.32. The Morgan fingerprint density at radius 1 is 1.03 bits per heavy atom. The van der Waals surface area contributed by atoms with E-state index in [-0.39, 0.29) is 47.6 Å². The predicted octanol–water partition coefficient (Wildman–Crippen LogP) is 4.53. The molecule has 0 spiro atoms. The lowest BCUT2D eigenvalue weighted by atomic mass is 10.3. The molecule has 0 aromatic carbocycles. The second-order valence-corrected chi connectivity index (χ2v) is 10.5. The largest absolute Gasteiger partial charge is 0.443 e. The van der Waals surface area contributed by atoms with Crippen LogP contribution in [0.25, 0.3) is 31.4 Å². The number of hydrogen-bond acceptors (Lipinski definition) is 8. The van der Waals surface area contributed by atoms with E-state index in [9.17, 15) is 34.8 Å². The number of aryl methyl sites for hydroxylation is 1. The summed E-state index contributed by atoms with van der Waals surface area (Å²) in [5.74, 6) is -0.480. The number of alkyl halides is 6. The summed E-state index contributed by atoms with van der Waals surface area (Å²) in [5, 5.41) is 5.44. The Morgan fingerprint density at radius 2 is 1.71 bits per heavy atom. The number of hydrogen-bond donors (Lipinski definition) is 0. The zero-order valence-electron chi connectivity index (χ0n) is 15.3. The van der Waals surface area contributed by atoms with Gasteiger partial charge in [0.25, 0.3) is 0 Å². The molecule has 0 atom stereocenters. The molecular formula is C15H9F6N5O2S3. The molecule has 16 heteroatoms. The smallest absolute Gasteiger partial charge is 0.310 e. The summed E-state index contributed by atoms with van der Waals surface area (Å²) in [7, 11) is -2.65. The van der Waals surface area contributed by atoms with Crippen LogP contribution in [0.5, 0.6) is 0 Å². The van der Waals surface area contributed by atoms with E-state index < -0.39 is 38.6 Å². The lowest BCUT2D eigenvalue weighted by molar-refractivity contribution is -0.141. The molecule has 0 aliphatic heterocycles. The summed E-state index contributed by atoms with van der Waals surface area (Å²) in [5.41, 5.74) is -1.53. The fourth-order valence-corrected chi connectivity index (χ4v) is 7.05. The summed E-state index contributed by atoms with van der Waals surface area (Å²) in [6.07, 6.45) is -9.52. The van der Waals surface area contributed by atoms with Crippen LogP contribution in [0.15, 0.2) is 11.0 Å². The third kappa shape index (κ3) is 3.55. The first-order chi connectivity index (χ1) is 14.2. The average Bonchev–Trinajstić information content (AvgIpc) is 3.30. The maximum absolute atomic E-state index is 13.1. The SMILES string of the molecule is CCS(=O)(=O)c1c(-c2nc3cc(C(F)(F)F)nnc3n2C)sc2nc(C(F)(F)F)sc12. The van der Waals surface area contributed by atoms with Crippen molar-refractivity contribution in [3.63, 3.8) is 0 Å². The van der Waals surface area contributed by atoms with Gasteiger partial charge in [-0.25, -0.2) is 18.4 Å². The van der Waals surface area contributed by atoms with E-state index in [1.165, 1.54) is 18.5 Å². The number of nitrogens with zero attached hydrogens (tertiary/aromatic N) is 5. The molecule has 4 aromatic heterocycles. The van der Waals surface area contributed by atoms with Gasteiger partial charge in [0, 0.05) is 13.1 Å². The molecule has 0 bridgehead atoms. The van der Waals surface area contributed by atoms with E-state index in [1.54, 1.807) is 0 Å². The van der Waals surface area contributed by atoms with E-state index in [0.29, 0.717) is 17.4 Å². The van der Waals surface area contributed by atoms with Gasteiger partial charge in [-0.05, 0) is 0 Å². The first-order valence-corrected chi connectivity index (χ1v) is 11.5. The number of halogens is 6. The highest BCUT2D eigenvalue weighted by molar-refractivity contribution is 7.92. The van der Waals surface area contributed by atoms with Crippen molar-refractivity contribution >= 4 is 53.2 Å². The van der Waals surface area contributed by atoms with Crippen molar-refractivity contribution in [1.29, 1.82) is 0 Å². The van der Waals surface area contributed by atoms with Gasteiger partial charge in [-0.15, -0.1) is 32.9 Å². The van der Waals surface area contributed by atoms with Crippen molar-refractivity contribution in [1.82, 2.24) is 24.7 Å². The number of thiazole rings is 1. The van der Waals surface area contributed by atoms with Crippen LogP contribution in [0.3, 0.4) is 0 Å². The topological polar surface area (TPSA) is 90.6 Å². The molecule has 0 saturated carbocycles. The van der Waals surface area contributed by atoms with Crippen molar-refractivity contribution in [2.24, 2.45) is 7.05 Å². The second-order valence-electron chi connectivity index (χ2n) is 6.25. The molecule has 31 heavy (non-hydrogen) atoms. The molecule has 0 saturated heterocycles. The van der Waals surface area contributed by atoms with Gasteiger partial charge in [-0.1, -0.05) is 6.92 Å². The molecule has 4 heterocycles. The highest BCUT2D eigenvalue weighted by Crippen LogP contribution is 2.47. The minimum atomic E-state index is -4.76. The fourth-order valence-electron chi connectivity index (χ4n) is 2.79. The van der Waals surface area contributed by atoms with Crippen LogP contribution in [0, 0.1) is 0 Å². The Bertz CT molecular complexity index is 1430. The zero-order valence-corrected chi connectivity index (χ0v) is 17.8. The molecular weight excluding hydrogens is 492 g/mol. The standard InChI is InChI=1S/C15H9F6N5O2S3/c1-3-31(27,28)9-7(29-12-8(9)30-13(23-12)15(19,20)21)11-22-5-4-6(14(16,17)18)24-25-10(5)26(11)2/h4H,3H2,1-2H3. The monoisotopic (exact) mass is 501 g/mol. The van der Waals surface area contributed by atoms with Crippen LogP contribution in [0.2, 0.25) is 0 Å². The minimum Gasteiger partial charge on any atom is -0.310 e.